The highest BCUT2D eigenvalue weighted by Gasteiger charge is 1.82. The summed E-state index contributed by atoms with van der Waals surface area (Å²) in [5.74, 6) is 0. The molecule has 0 atom stereocenters. The molecule has 0 saturated carbocycles. The summed E-state index contributed by atoms with van der Waals surface area (Å²) in [5.41, 5.74) is 1.48. The quantitative estimate of drug-likeness (QED) is 0.498. The molecule has 0 aliphatic carbocycles. The van der Waals surface area contributed by atoms with E-state index in [-0.39, 0.29) is 0 Å². The summed E-state index contributed by atoms with van der Waals surface area (Å²) in [6, 6.07) is 2.16. The third kappa shape index (κ3) is 1.03. The number of hydrogen-bond donors (Lipinski definition) is 0. The van der Waals surface area contributed by atoms with Gasteiger partial charge in [-0.1, -0.05) is 0 Å². The fourth-order valence-electron chi connectivity index (χ4n) is 0.420. The molecule has 0 amide bonds. The van der Waals surface area contributed by atoms with Crippen LogP contribution in [0.25, 0.3) is 0 Å². The molecule has 1 aromatic rings. The first kappa shape index (κ1) is 4.01. The maximum absolute atomic E-state index is 7.26. The van der Waals surface area contributed by atoms with Crippen molar-refractivity contribution in [2.24, 2.45) is 0 Å². The minimum atomic E-state index is 0.461. The molecule has 0 fully saturated rings. The van der Waals surface area contributed by atoms with Gasteiger partial charge in [-0.3, -0.25) is 0 Å². The van der Waals surface area contributed by atoms with Gasteiger partial charge < -0.3 is 0 Å². The van der Waals surface area contributed by atoms with E-state index in [1.165, 1.54) is 0 Å². The molecule has 1 heterocycles. The van der Waals surface area contributed by atoms with E-state index < -0.39 is 0 Å². The van der Waals surface area contributed by atoms with Gasteiger partial charge in [0.2, 0.25) is 0 Å². The van der Waals surface area contributed by atoms with E-state index in [9.17, 15) is 0 Å². The summed E-state index contributed by atoms with van der Waals surface area (Å²) in [6.07, 6.45) is 0. The predicted molar refractivity (Wildman–Crippen MR) is 31.5 cm³/mol. The van der Waals surface area contributed by atoms with E-state index in [2.05, 4.69) is 10.2 Å². The topological polar surface area (TPSA) is 25.8 Å². The molecule has 42 valence electrons. The normalized spacial score (nSPS) is 11.0. The van der Waals surface area contributed by atoms with Gasteiger partial charge in [-0.25, -0.2) is 0 Å². The van der Waals surface area contributed by atoms with Crippen molar-refractivity contribution in [3.8, 4) is 0 Å². The van der Waals surface area contributed by atoms with Crippen molar-refractivity contribution in [1.82, 2.24) is 10.2 Å². The summed E-state index contributed by atoms with van der Waals surface area (Å²) in [4.78, 5) is 0. The molecule has 2 heteroatoms. The highest BCUT2D eigenvalue weighted by Crippen LogP contribution is 1.90. The summed E-state index contributed by atoms with van der Waals surface area (Å²) in [5, 5.41) is 7.51. The summed E-state index contributed by atoms with van der Waals surface area (Å²) < 4.78 is 7.26. The Labute approximate surface area is 50.0 Å². The highest BCUT2D eigenvalue weighted by molar-refractivity contribution is 5.02. The molecule has 0 saturated heterocycles. The lowest BCUT2D eigenvalue weighted by Crippen LogP contribution is -1.86. The number of nitrogens with zero attached hydrogens (tertiary/aromatic N) is 2. The number of aryl methyl sites for hydroxylation is 2. The van der Waals surface area contributed by atoms with Gasteiger partial charge in [-0.2, -0.15) is 10.2 Å². The van der Waals surface area contributed by atoms with Gasteiger partial charge in [0, 0.05) is 0 Å². The third-order valence-corrected chi connectivity index (χ3v) is 0.848. The van der Waals surface area contributed by atoms with Crippen molar-refractivity contribution in [2.45, 2.75) is 13.8 Å². The van der Waals surface area contributed by atoms with Gasteiger partial charge >= 0.3 is 0 Å². The van der Waals surface area contributed by atoms with Crippen LogP contribution in [0.4, 0.5) is 0 Å². The van der Waals surface area contributed by atoms with Gasteiger partial charge in [-0.05, 0) is 26.0 Å². The van der Waals surface area contributed by atoms with Crippen LogP contribution in [0.1, 0.15) is 12.8 Å². The van der Waals surface area contributed by atoms with Crippen LogP contribution in [0.5, 0.6) is 0 Å². The van der Waals surface area contributed by atoms with E-state index in [4.69, 9.17) is 1.37 Å². The largest absolute Gasteiger partial charge is 0.156 e. The molecule has 0 spiro atoms. The molecule has 0 N–H and O–H groups in total. The summed E-state index contributed by atoms with van der Waals surface area (Å²) in [7, 11) is 0. The summed E-state index contributed by atoms with van der Waals surface area (Å²) in [6.45, 7) is 3.60. The monoisotopic (exact) mass is 109 g/mol. The minimum Gasteiger partial charge on any atom is -0.156 e. The molecule has 2 nitrogen and oxygen atoms in total. The van der Waals surface area contributed by atoms with Crippen LogP contribution in [-0.4, -0.2) is 10.2 Å². The van der Waals surface area contributed by atoms with Gasteiger partial charge in [0.05, 0.1) is 12.8 Å². The Kier molecular flexibility index (Phi) is 0.954. The Bertz CT molecular complexity index is 222. The van der Waals surface area contributed by atoms with Gasteiger partial charge in [0.15, 0.2) is 0 Å². The molecule has 0 aliphatic heterocycles. The standard InChI is InChI=1S/C6H8N2/c1-5-3-4-6(2)8-7-5/h3-4H,1-2H3/i3D. The van der Waals surface area contributed by atoms with Crippen LogP contribution >= 0.6 is 0 Å². The SMILES string of the molecule is [2H]c1cc(C)nnc1C. The first-order chi connectivity index (χ1) is 4.20. The zero-order valence-corrected chi connectivity index (χ0v) is 4.97. The Morgan fingerprint density at radius 1 is 1.38 bits per heavy atom. The second kappa shape index (κ2) is 1.90. The predicted octanol–water partition coefficient (Wildman–Crippen LogP) is 1.09. The second-order valence-corrected chi connectivity index (χ2v) is 1.72. The van der Waals surface area contributed by atoms with Crippen LogP contribution in [0.2, 0.25) is 0 Å². The van der Waals surface area contributed by atoms with Crippen LogP contribution in [0, 0.1) is 13.8 Å². The van der Waals surface area contributed by atoms with Gasteiger partial charge in [0.1, 0.15) is 0 Å². The number of hydrogen-bond acceptors (Lipinski definition) is 2. The van der Waals surface area contributed by atoms with Crippen LogP contribution in [0.15, 0.2) is 12.1 Å². The zero-order chi connectivity index (χ0) is 6.85. The van der Waals surface area contributed by atoms with Crippen LogP contribution < -0.4 is 0 Å². The highest BCUT2D eigenvalue weighted by atomic mass is 15.1. The fraction of sp³-hybridized carbons (Fsp3) is 0.333. The van der Waals surface area contributed by atoms with Gasteiger partial charge in [0.25, 0.3) is 0 Å². The molecule has 8 heavy (non-hydrogen) atoms. The maximum atomic E-state index is 7.26. The fourth-order valence-corrected chi connectivity index (χ4v) is 0.420. The lowest BCUT2D eigenvalue weighted by Gasteiger charge is -1.87. The summed E-state index contributed by atoms with van der Waals surface area (Å²) >= 11 is 0. The molecular weight excluding hydrogens is 100 g/mol. The van der Waals surface area contributed by atoms with E-state index in [0.29, 0.717) is 11.7 Å². The Balaban J connectivity index is 3.17. The molecule has 0 radical (unpaired) electrons. The van der Waals surface area contributed by atoms with E-state index in [1.54, 1.807) is 13.0 Å². The lowest BCUT2D eigenvalue weighted by atomic mass is 10.4. The minimum absolute atomic E-state index is 0.461. The van der Waals surface area contributed by atoms with Crippen molar-refractivity contribution in [3.05, 3.63) is 23.5 Å². The van der Waals surface area contributed by atoms with Crippen molar-refractivity contribution < 1.29 is 1.37 Å². The van der Waals surface area contributed by atoms with Crippen molar-refractivity contribution in [2.75, 3.05) is 0 Å². The lowest BCUT2D eigenvalue weighted by molar-refractivity contribution is 0.941. The first-order valence-corrected chi connectivity index (χ1v) is 2.47. The van der Waals surface area contributed by atoms with Crippen LogP contribution in [-0.2, 0) is 0 Å². The molecule has 0 aromatic carbocycles. The van der Waals surface area contributed by atoms with Gasteiger partial charge in [-0.15, -0.1) is 0 Å². The average molecular weight is 109 g/mol. The number of aromatic nitrogens is 2. The Hall–Kier alpha value is -0.920. The molecular formula is C6H8N2. The third-order valence-electron chi connectivity index (χ3n) is 0.848. The maximum Gasteiger partial charge on any atom is 0.0643 e. The first-order valence-electron chi connectivity index (χ1n) is 2.97. The molecule has 0 unspecified atom stereocenters. The van der Waals surface area contributed by atoms with Crippen LogP contribution in [0.3, 0.4) is 0 Å². The Morgan fingerprint density at radius 3 is 2.50 bits per heavy atom. The number of rotatable bonds is 0. The van der Waals surface area contributed by atoms with E-state index in [1.807, 2.05) is 6.92 Å². The molecule has 0 bridgehead atoms. The van der Waals surface area contributed by atoms with E-state index >= 15 is 0 Å². The average Bonchev–Trinajstić information content (AvgIpc) is 1.80. The second-order valence-electron chi connectivity index (χ2n) is 1.72. The molecule has 1 rings (SSSR count). The molecule has 0 aliphatic rings. The van der Waals surface area contributed by atoms with Crippen molar-refractivity contribution >= 4 is 0 Å². The van der Waals surface area contributed by atoms with E-state index in [0.717, 1.165) is 5.69 Å². The Morgan fingerprint density at radius 2 is 2.00 bits per heavy atom. The molecule has 1 aromatic heterocycles. The zero-order valence-electron chi connectivity index (χ0n) is 5.97. The van der Waals surface area contributed by atoms with Crippen molar-refractivity contribution in [3.63, 3.8) is 0 Å². The van der Waals surface area contributed by atoms with Crippen molar-refractivity contribution in [1.29, 1.82) is 0 Å². The smallest absolute Gasteiger partial charge is 0.0643 e.